The van der Waals surface area contributed by atoms with Crippen molar-refractivity contribution < 1.29 is 18.7 Å². The first-order valence-corrected chi connectivity index (χ1v) is 7.21. The molecule has 0 aliphatic rings. The lowest BCUT2D eigenvalue weighted by molar-refractivity contribution is 0.0941. The summed E-state index contributed by atoms with van der Waals surface area (Å²) in [4.78, 5) is 12.1. The monoisotopic (exact) mass is 321 g/mol. The Labute approximate surface area is 134 Å². The number of methoxy groups -OCH3 is 1. The van der Waals surface area contributed by atoms with Crippen molar-refractivity contribution in [3.63, 3.8) is 0 Å². The van der Waals surface area contributed by atoms with Crippen molar-refractivity contribution in [2.24, 2.45) is 7.05 Å². The minimum absolute atomic E-state index is 0.0658. The van der Waals surface area contributed by atoms with Gasteiger partial charge >= 0.3 is 0 Å². The van der Waals surface area contributed by atoms with Gasteiger partial charge in [-0.25, -0.2) is 4.39 Å². The molecule has 0 radical (unpaired) electrons. The van der Waals surface area contributed by atoms with E-state index in [-0.39, 0.29) is 24.8 Å². The number of carbonyl (C=O) groups is 1. The molecule has 1 aromatic carbocycles. The molecule has 0 saturated carbocycles. The Morgan fingerprint density at radius 3 is 2.83 bits per heavy atom. The summed E-state index contributed by atoms with van der Waals surface area (Å²) in [6.07, 6.45) is 0. The topological polar surface area (TPSA) is 65.4 Å². The van der Waals surface area contributed by atoms with Gasteiger partial charge in [-0.2, -0.15) is 5.10 Å². The molecule has 0 spiro atoms. The van der Waals surface area contributed by atoms with Crippen LogP contribution in [0.25, 0.3) is 0 Å². The number of rotatable bonds is 7. The highest BCUT2D eigenvalue weighted by molar-refractivity contribution is 5.92. The van der Waals surface area contributed by atoms with Gasteiger partial charge in [-0.05, 0) is 19.1 Å². The first-order chi connectivity index (χ1) is 11.0. The molecule has 124 valence electrons. The van der Waals surface area contributed by atoms with E-state index in [1.165, 1.54) is 4.68 Å². The summed E-state index contributed by atoms with van der Waals surface area (Å²) >= 11 is 0. The van der Waals surface area contributed by atoms with Crippen molar-refractivity contribution in [1.82, 2.24) is 15.1 Å². The molecule has 0 bridgehead atoms. The molecular weight excluding hydrogens is 301 g/mol. The van der Waals surface area contributed by atoms with E-state index in [1.807, 2.05) is 0 Å². The molecular formula is C16H20FN3O3. The van der Waals surface area contributed by atoms with Gasteiger partial charge in [0.15, 0.2) is 11.6 Å². The summed E-state index contributed by atoms with van der Waals surface area (Å²) in [7, 11) is 3.23. The smallest absolute Gasteiger partial charge is 0.269 e. The van der Waals surface area contributed by atoms with E-state index in [4.69, 9.17) is 9.47 Å². The highest BCUT2D eigenvalue weighted by Gasteiger charge is 2.14. The summed E-state index contributed by atoms with van der Waals surface area (Å²) in [5, 5.41) is 6.80. The van der Waals surface area contributed by atoms with Crippen LogP contribution in [0.3, 0.4) is 0 Å². The van der Waals surface area contributed by atoms with E-state index in [0.29, 0.717) is 17.9 Å². The van der Waals surface area contributed by atoms with E-state index >= 15 is 0 Å². The lowest BCUT2D eigenvalue weighted by Crippen LogP contribution is -2.25. The van der Waals surface area contributed by atoms with Gasteiger partial charge in [-0.3, -0.25) is 9.48 Å². The molecule has 7 heteroatoms. The highest BCUT2D eigenvalue weighted by atomic mass is 19.1. The standard InChI is InChI=1S/C16H20FN3O3/c1-11-9-13(20(2)19-11)16(21)18-10-12-5-4-6-14(15(12)17)23-8-7-22-3/h4-6,9H,7-8,10H2,1-3H3,(H,18,21). The second-order valence-corrected chi connectivity index (χ2v) is 5.05. The Bertz CT molecular complexity index is 685. The third-order valence-corrected chi connectivity index (χ3v) is 3.26. The Kier molecular flexibility index (Phi) is 5.70. The first kappa shape index (κ1) is 17.0. The van der Waals surface area contributed by atoms with Crippen molar-refractivity contribution in [3.8, 4) is 5.75 Å². The number of nitrogens with zero attached hydrogens (tertiary/aromatic N) is 2. The van der Waals surface area contributed by atoms with Crippen LogP contribution in [0.15, 0.2) is 24.3 Å². The minimum Gasteiger partial charge on any atom is -0.488 e. The van der Waals surface area contributed by atoms with Gasteiger partial charge in [-0.15, -0.1) is 0 Å². The quantitative estimate of drug-likeness (QED) is 0.790. The van der Waals surface area contributed by atoms with E-state index in [2.05, 4.69) is 10.4 Å². The summed E-state index contributed by atoms with van der Waals surface area (Å²) in [5.74, 6) is -0.645. The number of hydrogen-bond donors (Lipinski definition) is 1. The van der Waals surface area contributed by atoms with E-state index < -0.39 is 5.82 Å². The number of hydrogen-bond acceptors (Lipinski definition) is 4. The first-order valence-electron chi connectivity index (χ1n) is 7.21. The minimum atomic E-state index is -0.481. The molecule has 1 amide bonds. The number of amides is 1. The zero-order valence-electron chi connectivity index (χ0n) is 13.4. The maximum Gasteiger partial charge on any atom is 0.269 e. The van der Waals surface area contributed by atoms with Crippen LogP contribution in [0.4, 0.5) is 4.39 Å². The number of ether oxygens (including phenoxy) is 2. The van der Waals surface area contributed by atoms with Crippen LogP contribution in [-0.2, 0) is 18.3 Å². The van der Waals surface area contributed by atoms with Crippen molar-refractivity contribution in [2.45, 2.75) is 13.5 Å². The van der Waals surface area contributed by atoms with Crippen LogP contribution >= 0.6 is 0 Å². The fourth-order valence-electron chi connectivity index (χ4n) is 2.13. The summed E-state index contributed by atoms with van der Waals surface area (Å²) < 4.78 is 26.0. The number of carbonyl (C=O) groups excluding carboxylic acids is 1. The van der Waals surface area contributed by atoms with Crippen LogP contribution in [0.5, 0.6) is 5.75 Å². The zero-order chi connectivity index (χ0) is 16.8. The maximum absolute atomic E-state index is 14.3. The average Bonchev–Trinajstić information content (AvgIpc) is 2.86. The molecule has 0 atom stereocenters. The molecule has 0 saturated heterocycles. The second-order valence-electron chi connectivity index (χ2n) is 5.05. The van der Waals surface area contributed by atoms with Crippen LogP contribution in [-0.4, -0.2) is 36.0 Å². The fraction of sp³-hybridized carbons (Fsp3) is 0.375. The highest BCUT2D eigenvalue weighted by Crippen LogP contribution is 2.20. The number of aryl methyl sites for hydroxylation is 2. The lowest BCUT2D eigenvalue weighted by Gasteiger charge is -2.11. The molecule has 2 rings (SSSR count). The molecule has 0 aliphatic carbocycles. The van der Waals surface area contributed by atoms with Gasteiger partial charge in [0.2, 0.25) is 0 Å². The summed E-state index contributed by atoms with van der Waals surface area (Å²) in [6, 6.07) is 6.50. The van der Waals surface area contributed by atoms with Crippen LogP contribution < -0.4 is 10.1 Å². The van der Waals surface area contributed by atoms with Gasteiger partial charge in [-0.1, -0.05) is 12.1 Å². The summed E-state index contributed by atoms with van der Waals surface area (Å²) in [6.45, 7) is 2.51. The Balaban J connectivity index is 2.01. The fourth-order valence-corrected chi connectivity index (χ4v) is 2.13. The number of halogens is 1. The molecule has 0 aliphatic heterocycles. The van der Waals surface area contributed by atoms with E-state index in [0.717, 1.165) is 5.69 Å². The Hall–Kier alpha value is -2.41. The average molecular weight is 321 g/mol. The van der Waals surface area contributed by atoms with E-state index in [1.54, 1.807) is 45.3 Å². The van der Waals surface area contributed by atoms with Crippen LogP contribution in [0.2, 0.25) is 0 Å². The number of benzene rings is 1. The van der Waals surface area contributed by atoms with Crippen molar-refractivity contribution in [1.29, 1.82) is 0 Å². The third kappa shape index (κ3) is 4.29. The molecule has 23 heavy (non-hydrogen) atoms. The van der Waals surface area contributed by atoms with Crippen LogP contribution in [0.1, 0.15) is 21.7 Å². The van der Waals surface area contributed by atoms with Crippen LogP contribution in [0, 0.1) is 12.7 Å². The Morgan fingerprint density at radius 2 is 2.17 bits per heavy atom. The molecule has 2 aromatic rings. The molecule has 1 N–H and O–H groups in total. The van der Waals surface area contributed by atoms with Crippen molar-refractivity contribution in [2.75, 3.05) is 20.3 Å². The van der Waals surface area contributed by atoms with Gasteiger partial charge < -0.3 is 14.8 Å². The number of nitrogens with one attached hydrogen (secondary N) is 1. The van der Waals surface area contributed by atoms with Crippen molar-refractivity contribution in [3.05, 3.63) is 47.0 Å². The Morgan fingerprint density at radius 1 is 1.39 bits per heavy atom. The molecule has 0 fully saturated rings. The zero-order valence-corrected chi connectivity index (χ0v) is 13.4. The molecule has 1 aromatic heterocycles. The molecule has 6 nitrogen and oxygen atoms in total. The number of aromatic nitrogens is 2. The van der Waals surface area contributed by atoms with Gasteiger partial charge in [0.1, 0.15) is 12.3 Å². The predicted molar refractivity (Wildman–Crippen MR) is 82.9 cm³/mol. The third-order valence-electron chi connectivity index (χ3n) is 3.26. The molecule has 0 unspecified atom stereocenters. The SMILES string of the molecule is COCCOc1cccc(CNC(=O)c2cc(C)nn2C)c1F. The maximum atomic E-state index is 14.3. The van der Waals surface area contributed by atoms with Gasteiger partial charge in [0.25, 0.3) is 5.91 Å². The molecule has 1 heterocycles. The van der Waals surface area contributed by atoms with Gasteiger partial charge in [0, 0.05) is 26.3 Å². The van der Waals surface area contributed by atoms with Crippen molar-refractivity contribution >= 4 is 5.91 Å². The predicted octanol–water partition coefficient (Wildman–Crippen LogP) is 1.82. The largest absolute Gasteiger partial charge is 0.488 e. The van der Waals surface area contributed by atoms with E-state index in [9.17, 15) is 9.18 Å². The normalized spacial score (nSPS) is 10.6. The second kappa shape index (κ2) is 7.73. The van der Waals surface area contributed by atoms with Gasteiger partial charge in [0.05, 0.1) is 12.3 Å². The lowest BCUT2D eigenvalue weighted by atomic mass is 10.2. The summed E-state index contributed by atoms with van der Waals surface area (Å²) in [5.41, 5.74) is 1.53.